The van der Waals surface area contributed by atoms with Gasteiger partial charge in [-0.3, -0.25) is 4.79 Å². The van der Waals surface area contributed by atoms with Gasteiger partial charge in [-0.2, -0.15) is 0 Å². The summed E-state index contributed by atoms with van der Waals surface area (Å²) in [6.45, 7) is 5.83. The number of hydrogen-bond acceptors (Lipinski definition) is 6. The van der Waals surface area contributed by atoms with E-state index in [1.54, 1.807) is 0 Å². The molecule has 0 aromatic carbocycles. The number of nitrogens with one attached hydrogen (secondary N) is 2. The summed E-state index contributed by atoms with van der Waals surface area (Å²) in [5.41, 5.74) is 1.07. The Morgan fingerprint density at radius 2 is 1.89 bits per heavy atom. The summed E-state index contributed by atoms with van der Waals surface area (Å²) in [7, 11) is 0. The van der Waals surface area contributed by atoms with E-state index >= 15 is 0 Å². The molecule has 2 aliphatic rings. The average molecular weight is 366 g/mol. The van der Waals surface area contributed by atoms with Crippen molar-refractivity contribution >= 4 is 17.5 Å². The second-order valence-corrected chi connectivity index (χ2v) is 7.06. The van der Waals surface area contributed by atoms with Crippen LogP contribution in [0.15, 0.2) is 42.7 Å². The van der Waals surface area contributed by atoms with E-state index < -0.39 is 0 Å². The van der Waals surface area contributed by atoms with Crippen LogP contribution in [0, 0.1) is 5.92 Å². The number of carbonyl (C=O) groups is 1. The van der Waals surface area contributed by atoms with E-state index in [0.29, 0.717) is 6.54 Å². The van der Waals surface area contributed by atoms with Crippen molar-refractivity contribution in [2.45, 2.75) is 13.0 Å². The van der Waals surface area contributed by atoms with Crippen molar-refractivity contribution in [1.82, 2.24) is 20.6 Å². The predicted molar refractivity (Wildman–Crippen MR) is 106 cm³/mol. The number of rotatable bonds is 5. The zero-order valence-electron chi connectivity index (χ0n) is 15.5. The number of nitrogens with zero attached hydrogens (tertiary/aromatic N) is 4. The first-order chi connectivity index (χ1) is 13.3. The molecule has 0 unspecified atom stereocenters. The Balaban J connectivity index is 1.37. The first-order valence-electron chi connectivity index (χ1n) is 9.64. The minimum atomic E-state index is 0.0899. The van der Waals surface area contributed by atoms with Crippen molar-refractivity contribution in [2.75, 3.05) is 49.1 Å². The third kappa shape index (κ3) is 4.19. The molecule has 4 rings (SSSR count). The van der Waals surface area contributed by atoms with Gasteiger partial charge in [0.25, 0.3) is 0 Å². The van der Waals surface area contributed by atoms with Crippen LogP contribution in [-0.2, 0) is 11.3 Å². The van der Waals surface area contributed by atoms with Crippen LogP contribution in [0.1, 0.15) is 12.0 Å². The normalized spacial score (nSPS) is 19.9. The standard InChI is InChI=1S/C20H26N6O/c27-20(17-6-9-21-14-17)24-15-16-4-3-8-23-19(16)26-12-10-25(11-13-26)18-5-1-2-7-22-18/h1-5,7-8,17,21H,6,9-15H2,(H,24,27)/t17-/m0/s1. The third-order valence-corrected chi connectivity index (χ3v) is 5.30. The van der Waals surface area contributed by atoms with Gasteiger partial charge in [0.05, 0.1) is 5.92 Å². The van der Waals surface area contributed by atoms with Gasteiger partial charge in [-0.15, -0.1) is 0 Å². The van der Waals surface area contributed by atoms with Gasteiger partial charge in [-0.1, -0.05) is 12.1 Å². The molecule has 0 aliphatic carbocycles. The van der Waals surface area contributed by atoms with Gasteiger partial charge in [0.1, 0.15) is 11.6 Å². The zero-order chi connectivity index (χ0) is 18.5. The largest absolute Gasteiger partial charge is 0.353 e. The number of amides is 1. The summed E-state index contributed by atoms with van der Waals surface area (Å²) in [6, 6.07) is 10.0. The van der Waals surface area contributed by atoms with Crippen LogP contribution >= 0.6 is 0 Å². The lowest BCUT2D eigenvalue weighted by Crippen LogP contribution is -2.47. The predicted octanol–water partition coefficient (Wildman–Crippen LogP) is 1.03. The van der Waals surface area contributed by atoms with E-state index in [2.05, 4.69) is 42.5 Å². The zero-order valence-corrected chi connectivity index (χ0v) is 15.5. The summed E-state index contributed by atoms with van der Waals surface area (Å²) in [6.07, 6.45) is 4.58. The Morgan fingerprint density at radius 3 is 2.63 bits per heavy atom. The Labute approximate surface area is 159 Å². The molecule has 0 bridgehead atoms. The maximum Gasteiger partial charge on any atom is 0.224 e. The molecule has 2 N–H and O–H groups in total. The number of piperazine rings is 1. The van der Waals surface area contributed by atoms with Gasteiger partial charge < -0.3 is 20.4 Å². The molecule has 27 heavy (non-hydrogen) atoms. The molecule has 7 heteroatoms. The number of pyridine rings is 2. The SMILES string of the molecule is O=C(NCc1cccnc1N1CCN(c2ccccn2)CC1)[C@H]1CCNC1. The highest BCUT2D eigenvalue weighted by Gasteiger charge is 2.24. The molecule has 142 valence electrons. The van der Waals surface area contributed by atoms with Crippen LogP contribution in [0.4, 0.5) is 11.6 Å². The summed E-state index contributed by atoms with van der Waals surface area (Å²) in [5, 5.41) is 6.33. The highest BCUT2D eigenvalue weighted by Crippen LogP contribution is 2.21. The van der Waals surface area contributed by atoms with Crippen molar-refractivity contribution in [3.63, 3.8) is 0 Å². The lowest BCUT2D eigenvalue weighted by atomic mass is 10.1. The van der Waals surface area contributed by atoms with Crippen LogP contribution in [0.2, 0.25) is 0 Å². The van der Waals surface area contributed by atoms with Crippen molar-refractivity contribution in [2.24, 2.45) is 5.92 Å². The van der Waals surface area contributed by atoms with Crippen LogP contribution in [-0.4, -0.2) is 55.1 Å². The van der Waals surface area contributed by atoms with Gasteiger partial charge in [0.15, 0.2) is 0 Å². The fourth-order valence-electron chi connectivity index (χ4n) is 3.75. The van der Waals surface area contributed by atoms with Gasteiger partial charge >= 0.3 is 0 Å². The maximum atomic E-state index is 12.3. The van der Waals surface area contributed by atoms with Crippen LogP contribution in [0.5, 0.6) is 0 Å². The number of aromatic nitrogens is 2. The maximum absolute atomic E-state index is 12.3. The Hall–Kier alpha value is -2.67. The molecular weight excluding hydrogens is 340 g/mol. The second-order valence-electron chi connectivity index (χ2n) is 7.06. The second kappa shape index (κ2) is 8.35. The van der Waals surface area contributed by atoms with Crippen LogP contribution in [0.3, 0.4) is 0 Å². The van der Waals surface area contributed by atoms with Gasteiger partial charge in [0, 0.05) is 57.2 Å². The molecule has 0 spiro atoms. The molecule has 2 fully saturated rings. The molecule has 2 aliphatic heterocycles. The molecule has 0 radical (unpaired) electrons. The molecule has 7 nitrogen and oxygen atoms in total. The van der Waals surface area contributed by atoms with Gasteiger partial charge in [0.2, 0.25) is 5.91 Å². The number of anilines is 2. The molecule has 1 amide bonds. The molecule has 4 heterocycles. The van der Waals surface area contributed by atoms with Gasteiger partial charge in [-0.05, 0) is 31.2 Å². The lowest BCUT2D eigenvalue weighted by molar-refractivity contribution is -0.124. The Bertz CT molecular complexity index is 754. The smallest absolute Gasteiger partial charge is 0.224 e. The third-order valence-electron chi connectivity index (χ3n) is 5.30. The summed E-state index contributed by atoms with van der Waals surface area (Å²) in [4.78, 5) is 26.0. The molecule has 1 atom stereocenters. The van der Waals surface area contributed by atoms with E-state index in [-0.39, 0.29) is 11.8 Å². The number of carbonyl (C=O) groups excluding carboxylic acids is 1. The molecule has 2 aromatic rings. The van der Waals surface area contributed by atoms with Crippen molar-refractivity contribution in [3.05, 3.63) is 48.3 Å². The molecule has 2 saturated heterocycles. The minimum absolute atomic E-state index is 0.0899. The topological polar surface area (TPSA) is 73.4 Å². The van der Waals surface area contributed by atoms with E-state index in [1.165, 1.54) is 0 Å². The highest BCUT2D eigenvalue weighted by atomic mass is 16.1. The number of hydrogen-bond donors (Lipinski definition) is 2. The van der Waals surface area contributed by atoms with Crippen molar-refractivity contribution < 1.29 is 4.79 Å². The van der Waals surface area contributed by atoms with E-state index in [4.69, 9.17) is 0 Å². The lowest BCUT2D eigenvalue weighted by Gasteiger charge is -2.36. The first kappa shape index (κ1) is 17.7. The van der Waals surface area contributed by atoms with E-state index in [0.717, 1.165) is 62.9 Å². The quantitative estimate of drug-likeness (QED) is 0.823. The first-order valence-corrected chi connectivity index (χ1v) is 9.64. The molecule has 2 aromatic heterocycles. The minimum Gasteiger partial charge on any atom is -0.353 e. The fourth-order valence-corrected chi connectivity index (χ4v) is 3.75. The van der Waals surface area contributed by atoms with Crippen molar-refractivity contribution in [3.8, 4) is 0 Å². The summed E-state index contributed by atoms with van der Waals surface area (Å²) >= 11 is 0. The highest BCUT2D eigenvalue weighted by molar-refractivity contribution is 5.79. The van der Waals surface area contributed by atoms with Crippen LogP contribution < -0.4 is 20.4 Å². The summed E-state index contributed by atoms with van der Waals surface area (Å²) in [5.74, 6) is 2.22. The van der Waals surface area contributed by atoms with Gasteiger partial charge in [-0.25, -0.2) is 9.97 Å². The van der Waals surface area contributed by atoms with Crippen LogP contribution in [0.25, 0.3) is 0 Å². The van der Waals surface area contributed by atoms with E-state index in [9.17, 15) is 4.79 Å². The Morgan fingerprint density at radius 1 is 1.07 bits per heavy atom. The molecule has 0 saturated carbocycles. The molecular formula is C20H26N6O. The average Bonchev–Trinajstić information content (AvgIpc) is 3.28. The fraction of sp³-hybridized carbons (Fsp3) is 0.450. The van der Waals surface area contributed by atoms with E-state index in [1.807, 2.05) is 30.6 Å². The summed E-state index contributed by atoms with van der Waals surface area (Å²) < 4.78 is 0. The Kier molecular flexibility index (Phi) is 5.48. The monoisotopic (exact) mass is 366 g/mol. The van der Waals surface area contributed by atoms with Crippen molar-refractivity contribution in [1.29, 1.82) is 0 Å².